The summed E-state index contributed by atoms with van der Waals surface area (Å²) in [6.07, 6.45) is 1.30. The third-order valence-corrected chi connectivity index (χ3v) is 4.39. The molecule has 0 fully saturated rings. The van der Waals surface area contributed by atoms with Gasteiger partial charge in [0.25, 0.3) is 0 Å². The van der Waals surface area contributed by atoms with Crippen molar-refractivity contribution >= 4 is 32.7 Å². The van der Waals surface area contributed by atoms with Crippen LogP contribution in [0.1, 0.15) is 13.3 Å². The first-order valence-corrected chi connectivity index (χ1v) is 5.92. The second-order valence-electron chi connectivity index (χ2n) is 1.89. The molecule has 50 valence electrons. The molecule has 0 rings (SSSR count). The van der Waals surface area contributed by atoms with Gasteiger partial charge in [0.2, 0.25) is 0 Å². The van der Waals surface area contributed by atoms with Crippen LogP contribution in [0.4, 0.5) is 0 Å². The van der Waals surface area contributed by atoms with Gasteiger partial charge in [0, 0.05) is 9.52 Å². The number of hydrogen-bond acceptors (Lipinski definition) is 0. The van der Waals surface area contributed by atoms with E-state index in [1.807, 2.05) is 0 Å². The van der Waals surface area contributed by atoms with Crippen LogP contribution in [-0.4, -0.2) is 14.4 Å². The van der Waals surface area contributed by atoms with E-state index in [9.17, 15) is 0 Å². The average Bonchev–Trinajstić information content (AvgIpc) is 1.66. The molecular formula is C5H12Cl2Si. The molecule has 0 amide bonds. The topological polar surface area (TPSA) is 0 Å². The van der Waals surface area contributed by atoms with E-state index in [4.69, 9.17) is 23.2 Å². The van der Waals surface area contributed by atoms with Gasteiger partial charge in [-0.1, -0.05) is 19.4 Å². The monoisotopic (exact) mass is 170 g/mol. The lowest BCUT2D eigenvalue weighted by molar-refractivity contribution is 1.06. The van der Waals surface area contributed by atoms with Gasteiger partial charge < -0.3 is 0 Å². The molecule has 0 atom stereocenters. The highest BCUT2D eigenvalue weighted by atomic mass is 35.5. The molecule has 0 aromatic heterocycles. The fourth-order valence-corrected chi connectivity index (χ4v) is 2.57. The molecule has 8 heavy (non-hydrogen) atoms. The Kier molecular flexibility index (Phi) is 6.52. The Labute approximate surface area is 63.4 Å². The minimum absolute atomic E-state index is 0.0896. The van der Waals surface area contributed by atoms with Crippen LogP contribution in [-0.2, 0) is 0 Å². The highest BCUT2D eigenvalue weighted by molar-refractivity contribution is 6.49. The summed E-state index contributed by atoms with van der Waals surface area (Å²) in [6, 6.07) is 2.47. The molecule has 0 nitrogen and oxygen atoms in total. The van der Waals surface area contributed by atoms with Gasteiger partial charge in [-0.2, -0.15) is 0 Å². The van der Waals surface area contributed by atoms with Crippen molar-refractivity contribution in [2.75, 3.05) is 0 Å². The highest BCUT2D eigenvalue weighted by Gasteiger charge is 1.96. The molecule has 3 heteroatoms. The van der Waals surface area contributed by atoms with Gasteiger partial charge in [-0.25, -0.2) is 0 Å². The van der Waals surface area contributed by atoms with Gasteiger partial charge in [-0.05, 0) is 6.04 Å². The molecular weight excluding hydrogens is 159 g/mol. The van der Waals surface area contributed by atoms with Gasteiger partial charge in [-0.3, -0.25) is 0 Å². The lowest BCUT2D eigenvalue weighted by atomic mass is 10.6. The second-order valence-corrected chi connectivity index (χ2v) is 5.16. The Bertz CT molecular complexity index is 47.7. The van der Waals surface area contributed by atoms with Crippen LogP contribution in [0.25, 0.3) is 0 Å². The molecule has 0 radical (unpaired) electrons. The molecule has 0 aliphatic rings. The summed E-state index contributed by atoms with van der Waals surface area (Å²) in [5, 5.41) is 0. The zero-order valence-electron chi connectivity index (χ0n) is 5.16. The van der Waals surface area contributed by atoms with Crippen molar-refractivity contribution in [3.05, 3.63) is 0 Å². The van der Waals surface area contributed by atoms with E-state index in [1.165, 1.54) is 12.5 Å². The lowest BCUT2D eigenvalue weighted by Crippen LogP contribution is -1.93. The summed E-state index contributed by atoms with van der Waals surface area (Å²) in [5.41, 5.74) is 0. The van der Waals surface area contributed by atoms with Crippen molar-refractivity contribution in [1.82, 2.24) is 0 Å². The average molecular weight is 171 g/mol. The standard InChI is InChI=1S/C5H12Cl2Si/c1-2-3-8-4-5(6)7/h5H,2-4,8H2,1H3. The predicted octanol–water partition coefficient (Wildman–Crippen LogP) is 2.21. The SMILES string of the molecule is CCC[SiH2]CC(Cl)Cl. The Balaban J connectivity index is 2.72. The summed E-state index contributed by atoms with van der Waals surface area (Å²) in [6.45, 7) is 2.20. The summed E-state index contributed by atoms with van der Waals surface area (Å²) in [4.78, 5) is -0.0896. The van der Waals surface area contributed by atoms with Crippen LogP contribution in [0.15, 0.2) is 0 Å². The Morgan fingerprint density at radius 2 is 2.12 bits per heavy atom. The molecule has 0 aromatic rings. The maximum Gasteiger partial charge on any atom is 0.105 e. The van der Waals surface area contributed by atoms with Crippen molar-refractivity contribution in [3.63, 3.8) is 0 Å². The van der Waals surface area contributed by atoms with Crippen LogP contribution in [0.5, 0.6) is 0 Å². The summed E-state index contributed by atoms with van der Waals surface area (Å²) in [7, 11) is 0.0999. The van der Waals surface area contributed by atoms with Gasteiger partial charge >= 0.3 is 0 Å². The smallest absolute Gasteiger partial charge is 0.105 e. The second kappa shape index (κ2) is 5.93. The third kappa shape index (κ3) is 6.80. The fourth-order valence-electron chi connectivity index (χ4n) is 0.549. The highest BCUT2D eigenvalue weighted by Crippen LogP contribution is 2.07. The molecule has 0 aliphatic heterocycles. The Morgan fingerprint density at radius 1 is 1.50 bits per heavy atom. The van der Waals surface area contributed by atoms with Gasteiger partial charge in [0.15, 0.2) is 0 Å². The number of alkyl halides is 2. The molecule has 0 aliphatic carbocycles. The minimum atomic E-state index is -0.0896. The first kappa shape index (κ1) is 8.80. The normalized spacial score (nSPS) is 12.0. The van der Waals surface area contributed by atoms with E-state index in [0.29, 0.717) is 0 Å². The van der Waals surface area contributed by atoms with E-state index in [-0.39, 0.29) is 14.4 Å². The quantitative estimate of drug-likeness (QED) is 0.345. The van der Waals surface area contributed by atoms with Crippen molar-refractivity contribution in [3.8, 4) is 0 Å². The van der Waals surface area contributed by atoms with E-state index in [1.54, 1.807) is 0 Å². The fraction of sp³-hybridized carbons (Fsp3) is 1.00. The summed E-state index contributed by atoms with van der Waals surface area (Å²) >= 11 is 11.0. The zero-order chi connectivity index (χ0) is 6.41. The van der Waals surface area contributed by atoms with Crippen molar-refractivity contribution < 1.29 is 0 Å². The zero-order valence-corrected chi connectivity index (χ0v) is 8.09. The van der Waals surface area contributed by atoms with E-state index >= 15 is 0 Å². The largest absolute Gasteiger partial charge is 0.106 e. The predicted molar refractivity (Wildman–Crippen MR) is 43.9 cm³/mol. The molecule has 0 aromatic carbocycles. The van der Waals surface area contributed by atoms with E-state index in [2.05, 4.69) is 6.92 Å². The van der Waals surface area contributed by atoms with Gasteiger partial charge in [0.05, 0.1) is 0 Å². The van der Waals surface area contributed by atoms with Gasteiger partial charge in [-0.15, -0.1) is 23.2 Å². The first-order chi connectivity index (χ1) is 3.77. The maximum atomic E-state index is 5.51. The van der Waals surface area contributed by atoms with Crippen LogP contribution in [0.3, 0.4) is 0 Å². The molecule has 0 saturated carbocycles. The van der Waals surface area contributed by atoms with Crippen LogP contribution in [0, 0.1) is 0 Å². The van der Waals surface area contributed by atoms with Crippen LogP contribution in [0.2, 0.25) is 12.1 Å². The minimum Gasteiger partial charge on any atom is -0.106 e. The molecule has 0 spiro atoms. The molecule has 0 bridgehead atoms. The van der Waals surface area contributed by atoms with E-state index in [0.717, 1.165) is 6.04 Å². The van der Waals surface area contributed by atoms with Crippen LogP contribution >= 0.6 is 23.2 Å². The summed E-state index contributed by atoms with van der Waals surface area (Å²) in [5.74, 6) is 0. The molecule has 0 unspecified atom stereocenters. The number of rotatable bonds is 4. The van der Waals surface area contributed by atoms with Gasteiger partial charge in [0.1, 0.15) is 4.84 Å². The molecule has 0 N–H and O–H groups in total. The lowest BCUT2D eigenvalue weighted by Gasteiger charge is -1.95. The Morgan fingerprint density at radius 3 is 2.50 bits per heavy atom. The number of hydrogen-bond donors (Lipinski definition) is 0. The molecule has 0 saturated heterocycles. The summed E-state index contributed by atoms with van der Waals surface area (Å²) < 4.78 is 0. The molecule has 0 heterocycles. The number of halogens is 2. The van der Waals surface area contributed by atoms with Crippen molar-refractivity contribution in [2.45, 2.75) is 30.3 Å². The first-order valence-electron chi connectivity index (χ1n) is 3.05. The Hall–Kier alpha value is 0.797. The van der Waals surface area contributed by atoms with Crippen LogP contribution < -0.4 is 0 Å². The van der Waals surface area contributed by atoms with Crippen molar-refractivity contribution in [1.29, 1.82) is 0 Å². The van der Waals surface area contributed by atoms with E-state index < -0.39 is 0 Å². The third-order valence-electron chi connectivity index (χ3n) is 1.03. The maximum absolute atomic E-state index is 5.51. The van der Waals surface area contributed by atoms with Crippen molar-refractivity contribution in [2.24, 2.45) is 0 Å².